The first-order valence-corrected chi connectivity index (χ1v) is 8.90. The number of hydrogen-bond acceptors (Lipinski definition) is 3. The lowest BCUT2D eigenvalue weighted by Crippen LogP contribution is -2.47. The molecule has 0 spiro atoms. The van der Waals surface area contributed by atoms with Gasteiger partial charge < -0.3 is 16.2 Å². The molecule has 1 aromatic carbocycles. The second-order valence-corrected chi connectivity index (χ2v) is 6.96. The third-order valence-electron chi connectivity index (χ3n) is 4.61. The number of nitrogens with two attached hydrogens (primary N) is 1. The number of rotatable bonds is 7. The van der Waals surface area contributed by atoms with E-state index in [2.05, 4.69) is 5.32 Å². The van der Waals surface area contributed by atoms with Crippen LogP contribution < -0.4 is 11.1 Å². The Labute approximate surface area is 155 Å². The van der Waals surface area contributed by atoms with Gasteiger partial charge in [-0.25, -0.2) is 0 Å². The van der Waals surface area contributed by atoms with Crippen molar-refractivity contribution in [3.8, 4) is 0 Å². The van der Waals surface area contributed by atoms with Crippen molar-refractivity contribution < 1.29 is 9.90 Å². The molecular weight excluding hydrogens is 347 g/mol. The molecule has 1 unspecified atom stereocenters. The van der Waals surface area contributed by atoms with Gasteiger partial charge in [0.15, 0.2) is 0 Å². The predicted molar refractivity (Wildman–Crippen MR) is 101 cm³/mol. The first-order valence-electron chi connectivity index (χ1n) is 8.52. The summed E-state index contributed by atoms with van der Waals surface area (Å²) in [5.74, 6) is 0.169. The van der Waals surface area contributed by atoms with Crippen LogP contribution in [0.15, 0.2) is 24.3 Å². The predicted octanol–water partition coefficient (Wildman–Crippen LogP) is 3.08. The van der Waals surface area contributed by atoms with Crippen molar-refractivity contribution in [1.82, 2.24) is 5.32 Å². The Morgan fingerprint density at radius 1 is 1.33 bits per heavy atom. The molecule has 0 bridgehead atoms. The summed E-state index contributed by atoms with van der Waals surface area (Å²) in [6.45, 7) is 0.465. The zero-order chi connectivity index (χ0) is 16.7. The zero-order valence-electron chi connectivity index (χ0n) is 13.9. The van der Waals surface area contributed by atoms with Crippen LogP contribution in [-0.4, -0.2) is 29.7 Å². The van der Waals surface area contributed by atoms with Crippen molar-refractivity contribution in [1.29, 1.82) is 0 Å². The van der Waals surface area contributed by atoms with Gasteiger partial charge in [-0.1, -0.05) is 55.8 Å². The average Bonchev–Trinajstić information content (AvgIpc) is 2.55. The summed E-state index contributed by atoms with van der Waals surface area (Å²) in [4.78, 5) is 12.0. The second kappa shape index (κ2) is 10.9. The maximum Gasteiger partial charge on any atom is 0.250 e. The van der Waals surface area contributed by atoms with Gasteiger partial charge in [0.1, 0.15) is 6.10 Å². The molecule has 136 valence electrons. The van der Waals surface area contributed by atoms with Crippen molar-refractivity contribution in [3.63, 3.8) is 0 Å². The molecule has 24 heavy (non-hydrogen) atoms. The second-order valence-electron chi connectivity index (χ2n) is 6.52. The van der Waals surface area contributed by atoms with E-state index >= 15 is 0 Å². The smallest absolute Gasteiger partial charge is 0.250 e. The number of aliphatic hydroxyl groups excluding tert-OH is 1. The Kier molecular flexibility index (Phi) is 9.67. The van der Waals surface area contributed by atoms with Gasteiger partial charge in [-0.3, -0.25) is 4.79 Å². The third-order valence-corrected chi connectivity index (χ3v) is 4.84. The summed E-state index contributed by atoms with van der Waals surface area (Å²) in [6.07, 6.45) is 6.36. The highest BCUT2D eigenvalue weighted by atomic mass is 35.5. The molecule has 0 aromatic heterocycles. The number of amides is 1. The van der Waals surface area contributed by atoms with Crippen molar-refractivity contribution in [3.05, 3.63) is 34.9 Å². The summed E-state index contributed by atoms with van der Waals surface area (Å²) in [7, 11) is 0. The molecule has 4 nitrogen and oxygen atoms in total. The topological polar surface area (TPSA) is 75.3 Å². The Morgan fingerprint density at radius 2 is 2.04 bits per heavy atom. The average molecular weight is 375 g/mol. The van der Waals surface area contributed by atoms with E-state index in [1.165, 1.54) is 19.3 Å². The molecule has 2 atom stereocenters. The molecule has 1 amide bonds. The summed E-state index contributed by atoms with van der Waals surface area (Å²) >= 11 is 5.93. The number of benzene rings is 1. The lowest BCUT2D eigenvalue weighted by molar-refractivity contribution is -0.130. The van der Waals surface area contributed by atoms with Gasteiger partial charge in [0, 0.05) is 17.6 Å². The van der Waals surface area contributed by atoms with E-state index in [1.54, 1.807) is 0 Å². The van der Waals surface area contributed by atoms with E-state index in [-0.39, 0.29) is 18.3 Å². The highest BCUT2D eigenvalue weighted by Crippen LogP contribution is 2.27. The molecule has 0 aliphatic heterocycles. The van der Waals surface area contributed by atoms with Crippen LogP contribution >= 0.6 is 24.0 Å². The molecule has 1 aromatic rings. The van der Waals surface area contributed by atoms with Crippen LogP contribution in [0.2, 0.25) is 5.02 Å². The van der Waals surface area contributed by atoms with Crippen LogP contribution in [0.4, 0.5) is 0 Å². The number of carbonyl (C=O) groups excluding carboxylic acids is 1. The minimum atomic E-state index is -1.13. The van der Waals surface area contributed by atoms with E-state index < -0.39 is 12.1 Å². The van der Waals surface area contributed by atoms with Gasteiger partial charge in [0.2, 0.25) is 5.91 Å². The van der Waals surface area contributed by atoms with Crippen LogP contribution in [-0.2, 0) is 11.2 Å². The highest BCUT2D eigenvalue weighted by molar-refractivity contribution is 6.30. The van der Waals surface area contributed by atoms with Crippen LogP contribution in [0.25, 0.3) is 0 Å². The molecule has 1 aliphatic carbocycles. The van der Waals surface area contributed by atoms with Crippen molar-refractivity contribution in [2.45, 2.75) is 57.1 Å². The van der Waals surface area contributed by atoms with Gasteiger partial charge in [0.25, 0.3) is 0 Å². The highest BCUT2D eigenvalue weighted by Gasteiger charge is 2.26. The minimum Gasteiger partial charge on any atom is -0.382 e. The van der Waals surface area contributed by atoms with Crippen LogP contribution in [0.1, 0.15) is 44.1 Å². The summed E-state index contributed by atoms with van der Waals surface area (Å²) in [6, 6.07) is 7.05. The van der Waals surface area contributed by atoms with Crippen LogP contribution in [0.3, 0.4) is 0 Å². The maximum absolute atomic E-state index is 12.0. The molecule has 2 rings (SSSR count). The van der Waals surface area contributed by atoms with Crippen LogP contribution in [0, 0.1) is 5.92 Å². The standard InChI is InChI=1S/C18H27ClN2O2.ClH/c19-15-8-4-7-14(11-15)9-10-21-18(23)17(22)16(20)12-13-5-2-1-3-6-13;/h4,7-8,11,13,16-17,22H,1-3,5-6,9-10,12,20H2,(H,21,23);1H/t16-,17?;/m1./s1. The largest absolute Gasteiger partial charge is 0.382 e. The number of hydrogen-bond donors (Lipinski definition) is 3. The van der Waals surface area contributed by atoms with E-state index in [9.17, 15) is 9.90 Å². The number of carbonyl (C=O) groups is 1. The van der Waals surface area contributed by atoms with E-state index in [0.717, 1.165) is 24.8 Å². The summed E-state index contributed by atoms with van der Waals surface area (Å²) in [5, 5.41) is 13.5. The Morgan fingerprint density at radius 3 is 2.71 bits per heavy atom. The monoisotopic (exact) mass is 374 g/mol. The fraction of sp³-hybridized carbons (Fsp3) is 0.611. The summed E-state index contributed by atoms with van der Waals surface area (Å²) < 4.78 is 0. The fourth-order valence-electron chi connectivity index (χ4n) is 3.26. The van der Waals surface area contributed by atoms with E-state index in [4.69, 9.17) is 17.3 Å². The van der Waals surface area contributed by atoms with E-state index in [0.29, 0.717) is 23.9 Å². The van der Waals surface area contributed by atoms with Crippen LogP contribution in [0.5, 0.6) is 0 Å². The normalized spacial score (nSPS) is 17.6. The molecule has 4 N–H and O–H groups in total. The maximum atomic E-state index is 12.0. The van der Waals surface area contributed by atoms with Gasteiger partial charge >= 0.3 is 0 Å². The van der Waals surface area contributed by atoms with Gasteiger partial charge in [0.05, 0.1) is 0 Å². The van der Waals surface area contributed by atoms with E-state index in [1.807, 2.05) is 24.3 Å². The van der Waals surface area contributed by atoms with Crippen molar-refractivity contribution >= 4 is 29.9 Å². The number of halogens is 2. The Bertz CT molecular complexity index is 508. The minimum absolute atomic E-state index is 0. The lowest BCUT2D eigenvalue weighted by atomic mass is 9.84. The first-order chi connectivity index (χ1) is 11.1. The SMILES string of the molecule is Cl.N[C@H](CC1CCCCC1)C(O)C(=O)NCCc1cccc(Cl)c1. The molecule has 6 heteroatoms. The Balaban J connectivity index is 0.00000288. The molecule has 0 heterocycles. The fourth-order valence-corrected chi connectivity index (χ4v) is 3.47. The van der Waals surface area contributed by atoms with Crippen molar-refractivity contribution in [2.24, 2.45) is 11.7 Å². The lowest BCUT2D eigenvalue weighted by Gasteiger charge is -2.26. The number of nitrogens with one attached hydrogen (secondary N) is 1. The third kappa shape index (κ3) is 6.98. The number of aliphatic hydroxyl groups is 1. The molecule has 1 saturated carbocycles. The molecule has 1 aliphatic rings. The molecular formula is C18H28Cl2N2O2. The molecule has 1 fully saturated rings. The van der Waals surface area contributed by atoms with Gasteiger partial charge in [-0.05, 0) is 36.5 Å². The molecule has 0 radical (unpaired) electrons. The molecule has 0 saturated heterocycles. The first kappa shape index (κ1) is 21.2. The van der Waals surface area contributed by atoms with Gasteiger partial charge in [-0.2, -0.15) is 0 Å². The summed E-state index contributed by atoms with van der Waals surface area (Å²) in [5.41, 5.74) is 7.08. The zero-order valence-corrected chi connectivity index (χ0v) is 15.5. The quantitative estimate of drug-likeness (QED) is 0.686. The van der Waals surface area contributed by atoms with Crippen molar-refractivity contribution in [2.75, 3.05) is 6.54 Å². The Hall–Kier alpha value is -0.810. The van der Waals surface area contributed by atoms with Gasteiger partial charge in [-0.15, -0.1) is 12.4 Å².